The van der Waals surface area contributed by atoms with Crippen molar-refractivity contribution in [1.29, 1.82) is 0 Å². The second-order valence-corrected chi connectivity index (χ2v) is 18.6. The summed E-state index contributed by atoms with van der Waals surface area (Å²) < 4.78 is 48.5. The molecule has 7 rings (SSSR count). The normalized spacial score (nSPS) is 22.6. The monoisotopic (exact) mass is 790 g/mol. The van der Waals surface area contributed by atoms with Crippen molar-refractivity contribution in [3.63, 3.8) is 0 Å². The van der Waals surface area contributed by atoms with Gasteiger partial charge in [0.2, 0.25) is 5.91 Å². The van der Waals surface area contributed by atoms with Gasteiger partial charge in [-0.1, -0.05) is 29.8 Å². The average Bonchev–Trinajstić information content (AvgIpc) is 3.84. The van der Waals surface area contributed by atoms with Crippen molar-refractivity contribution in [1.82, 2.24) is 35.0 Å². The minimum atomic E-state index is -3.53. The van der Waals surface area contributed by atoms with Crippen LogP contribution in [-0.2, 0) is 31.3 Å². The molecule has 56 heavy (non-hydrogen) atoms. The van der Waals surface area contributed by atoms with Gasteiger partial charge in [-0.25, -0.2) is 17.6 Å². The zero-order valence-electron chi connectivity index (χ0n) is 32.7. The van der Waals surface area contributed by atoms with Crippen LogP contribution in [0.5, 0.6) is 0 Å². The molecule has 2 aromatic carbocycles. The number of piperidine rings is 1. The largest absolute Gasteiger partial charge is 0.453 e. The number of hydrogen-bond acceptors (Lipinski definition) is 10. The number of methoxy groups -OCH3 is 1. The molecule has 4 fully saturated rings. The number of anilines is 1. The number of hydrogen-bond donors (Lipinski definition) is 1. The van der Waals surface area contributed by atoms with Gasteiger partial charge in [0.1, 0.15) is 11.1 Å². The standard InChI is InChI=1S/C41H55FN8O5S/c1-46(2)19-6-11-39(51)49-27-36(28-49)56(53,54)35-14-12-34(13-15-35)48-25-30(26-48)24-47-20-16-31(17-21-47)41(29-50-22-18-43-45-50,32-7-4-8-33(42)23-32)37-9-5-10-38(37)44-40(52)55-3/h4,6-8,11-15,18,22-23,30-31,36-38H,5,9-10,16-17,19-21,24-29H2,1-3H3,(H,44,52). The highest BCUT2D eigenvalue weighted by atomic mass is 32.2. The van der Waals surface area contributed by atoms with Crippen molar-refractivity contribution in [2.24, 2.45) is 17.8 Å². The number of likely N-dealkylation sites (tertiary alicyclic amines) is 2. The summed E-state index contributed by atoms with van der Waals surface area (Å²) in [6.07, 6.45) is 11.0. The van der Waals surface area contributed by atoms with Crippen LogP contribution in [0.1, 0.15) is 37.7 Å². The van der Waals surface area contributed by atoms with Crippen LogP contribution >= 0.6 is 0 Å². The number of carbonyl (C=O) groups excluding carboxylic acids is 2. The third-order valence-corrected chi connectivity index (χ3v) is 14.7. The van der Waals surface area contributed by atoms with Crippen molar-refractivity contribution >= 4 is 27.5 Å². The molecule has 1 aliphatic carbocycles. The zero-order valence-corrected chi connectivity index (χ0v) is 33.5. The number of sulfone groups is 1. The maximum absolute atomic E-state index is 15.0. The smallest absolute Gasteiger partial charge is 0.407 e. The molecule has 0 spiro atoms. The van der Waals surface area contributed by atoms with Crippen molar-refractivity contribution in [2.45, 2.75) is 60.3 Å². The molecule has 3 atom stereocenters. The van der Waals surface area contributed by atoms with Crippen LogP contribution in [0.2, 0.25) is 0 Å². The van der Waals surface area contributed by atoms with Gasteiger partial charge < -0.3 is 29.7 Å². The van der Waals surface area contributed by atoms with E-state index in [4.69, 9.17) is 4.74 Å². The van der Waals surface area contributed by atoms with Crippen LogP contribution in [-0.4, -0.2) is 135 Å². The molecule has 1 saturated carbocycles. The van der Waals surface area contributed by atoms with E-state index < -0.39 is 26.6 Å². The number of likely N-dealkylation sites (N-methyl/N-ethyl adjacent to an activating group) is 1. The fraction of sp³-hybridized carbons (Fsp3) is 0.561. The lowest BCUT2D eigenvalue weighted by atomic mass is 9.58. The lowest BCUT2D eigenvalue weighted by molar-refractivity contribution is -0.129. The highest BCUT2D eigenvalue weighted by molar-refractivity contribution is 7.92. The number of nitrogens with one attached hydrogen (secondary N) is 1. The molecule has 3 unspecified atom stereocenters. The van der Waals surface area contributed by atoms with Gasteiger partial charge in [-0.3, -0.25) is 9.48 Å². The van der Waals surface area contributed by atoms with E-state index in [9.17, 15) is 18.0 Å². The number of halogens is 1. The Bertz CT molecular complexity index is 1940. The molecule has 3 aliphatic heterocycles. The Labute approximate surface area is 329 Å². The molecule has 0 radical (unpaired) electrons. The summed E-state index contributed by atoms with van der Waals surface area (Å²) in [4.78, 5) is 33.5. The van der Waals surface area contributed by atoms with Gasteiger partial charge in [0.05, 0.1) is 24.7 Å². The van der Waals surface area contributed by atoms with E-state index in [0.29, 0.717) is 23.9 Å². The van der Waals surface area contributed by atoms with Crippen LogP contribution in [0.3, 0.4) is 0 Å². The second-order valence-electron chi connectivity index (χ2n) is 16.3. The first-order valence-electron chi connectivity index (χ1n) is 19.8. The van der Waals surface area contributed by atoms with Gasteiger partial charge in [-0.2, -0.15) is 0 Å². The van der Waals surface area contributed by atoms with Crippen LogP contribution in [0.15, 0.2) is 78.0 Å². The van der Waals surface area contributed by atoms with Crippen molar-refractivity contribution < 1.29 is 27.1 Å². The topological polar surface area (TPSA) is 133 Å². The highest BCUT2D eigenvalue weighted by Crippen LogP contribution is 2.51. The molecular weight excluding hydrogens is 736 g/mol. The molecule has 1 aromatic heterocycles. The first-order valence-corrected chi connectivity index (χ1v) is 21.4. The van der Waals surface area contributed by atoms with Crippen molar-refractivity contribution in [2.75, 3.05) is 78.5 Å². The molecule has 2 amide bonds. The lowest BCUT2D eigenvalue weighted by Gasteiger charge is -2.51. The number of amides is 2. The third-order valence-electron chi connectivity index (χ3n) is 12.6. The van der Waals surface area contributed by atoms with Crippen LogP contribution < -0.4 is 10.2 Å². The highest BCUT2D eigenvalue weighted by Gasteiger charge is 2.52. The molecule has 3 saturated heterocycles. The molecule has 15 heteroatoms. The van der Waals surface area contributed by atoms with E-state index in [2.05, 4.69) is 25.4 Å². The third kappa shape index (κ3) is 8.49. The van der Waals surface area contributed by atoms with E-state index in [1.807, 2.05) is 48.1 Å². The quantitative estimate of drug-likeness (QED) is 0.241. The van der Waals surface area contributed by atoms with E-state index in [1.54, 1.807) is 41.4 Å². The Hall–Kier alpha value is -4.34. The van der Waals surface area contributed by atoms with Crippen LogP contribution in [0, 0.1) is 23.6 Å². The Morgan fingerprint density at radius 2 is 1.79 bits per heavy atom. The predicted octanol–water partition coefficient (Wildman–Crippen LogP) is 3.83. The summed E-state index contributed by atoms with van der Waals surface area (Å²) in [6.45, 7) is 6.21. The molecule has 0 bridgehead atoms. The van der Waals surface area contributed by atoms with Gasteiger partial charge in [0, 0.05) is 74.6 Å². The summed E-state index contributed by atoms with van der Waals surface area (Å²) in [6, 6.07) is 14.1. The first kappa shape index (κ1) is 39.9. The van der Waals surface area contributed by atoms with Gasteiger partial charge in [0.15, 0.2) is 9.84 Å². The molecule has 4 aliphatic rings. The number of aromatic nitrogens is 3. The first-order chi connectivity index (χ1) is 27.0. The number of rotatable bonds is 14. The van der Waals surface area contributed by atoms with E-state index in [0.717, 1.165) is 76.1 Å². The number of alkyl carbamates (subject to hydrolysis) is 1. The number of benzene rings is 2. The van der Waals surface area contributed by atoms with E-state index in [1.165, 1.54) is 19.3 Å². The molecule has 13 nitrogen and oxygen atoms in total. The van der Waals surface area contributed by atoms with Gasteiger partial charge in [0.25, 0.3) is 0 Å². The summed E-state index contributed by atoms with van der Waals surface area (Å²) in [7, 11) is 1.70. The summed E-state index contributed by atoms with van der Waals surface area (Å²) >= 11 is 0. The zero-order chi connectivity index (χ0) is 39.5. The Morgan fingerprint density at radius 3 is 2.45 bits per heavy atom. The number of nitrogens with zero attached hydrogens (tertiary/aromatic N) is 7. The van der Waals surface area contributed by atoms with E-state index >= 15 is 4.39 Å². The lowest BCUT2D eigenvalue weighted by Crippen LogP contribution is -2.56. The SMILES string of the molecule is COC(=O)NC1CCCC1C(Cn1ccnn1)(c1cccc(F)c1)C1CCN(CC2CN(c3ccc(S(=O)(=O)C4CN(C(=O)C=CCN(C)C)C4)cc3)C2)CC1. The molecule has 1 N–H and O–H groups in total. The maximum Gasteiger partial charge on any atom is 0.407 e. The Kier molecular flexibility index (Phi) is 12.1. The molecular formula is C41H55FN8O5S. The second kappa shape index (κ2) is 17.0. The van der Waals surface area contributed by atoms with Crippen LogP contribution in [0.4, 0.5) is 14.9 Å². The summed E-state index contributed by atoms with van der Waals surface area (Å²) in [5.41, 5.74) is 1.46. The fourth-order valence-electron chi connectivity index (χ4n) is 9.63. The molecule has 302 valence electrons. The van der Waals surface area contributed by atoms with Crippen molar-refractivity contribution in [3.8, 4) is 0 Å². The van der Waals surface area contributed by atoms with Gasteiger partial charge in [-0.15, -0.1) is 5.10 Å². The van der Waals surface area contributed by atoms with E-state index in [-0.39, 0.29) is 42.7 Å². The maximum atomic E-state index is 15.0. The molecule has 3 aromatic rings. The minimum absolute atomic E-state index is 0.0545. The number of ether oxygens (including phenoxy) is 1. The molecule has 4 heterocycles. The fourth-order valence-corrected chi connectivity index (χ4v) is 11.3. The average molecular weight is 791 g/mol. The predicted molar refractivity (Wildman–Crippen MR) is 211 cm³/mol. The van der Waals surface area contributed by atoms with Gasteiger partial charge >= 0.3 is 6.09 Å². The Balaban J connectivity index is 0.960. The number of carbonyl (C=O) groups is 2. The minimum Gasteiger partial charge on any atom is -0.453 e. The summed E-state index contributed by atoms with van der Waals surface area (Å²) in [5.74, 6) is 0.339. The van der Waals surface area contributed by atoms with Gasteiger partial charge in [-0.05, 0) is 107 Å². The van der Waals surface area contributed by atoms with Crippen LogP contribution in [0.25, 0.3) is 0 Å². The van der Waals surface area contributed by atoms with Crippen molar-refractivity contribution in [3.05, 3.63) is 84.5 Å². The Morgan fingerprint density at radius 1 is 1.04 bits per heavy atom. The summed E-state index contributed by atoms with van der Waals surface area (Å²) in [5, 5.41) is 11.0.